The highest BCUT2D eigenvalue weighted by Crippen LogP contribution is 2.25. The number of guanidine groups is 1. The van der Waals surface area contributed by atoms with Crippen molar-refractivity contribution in [2.75, 3.05) is 20.1 Å². The van der Waals surface area contributed by atoms with Crippen molar-refractivity contribution in [3.63, 3.8) is 0 Å². The number of nitrogens with one attached hydrogen (secondary N) is 1. The third-order valence-electron chi connectivity index (χ3n) is 2.68. The SMILES string of the molecule is CN=C(NN)N1CC2CCC(C1)O2. The van der Waals surface area contributed by atoms with Crippen LogP contribution in [-0.4, -0.2) is 43.2 Å². The van der Waals surface area contributed by atoms with Crippen LogP contribution >= 0.6 is 0 Å². The van der Waals surface area contributed by atoms with Crippen LogP contribution in [0.1, 0.15) is 12.8 Å². The molecule has 2 rings (SSSR count). The van der Waals surface area contributed by atoms with E-state index in [1.807, 2.05) is 0 Å². The first-order valence-electron chi connectivity index (χ1n) is 4.67. The first kappa shape index (κ1) is 8.77. The van der Waals surface area contributed by atoms with E-state index in [4.69, 9.17) is 10.6 Å². The van der Waals surface area contributed by atoms with Gasteiger partial charge in [-0.05, 0) is 12.8 Å². The van der Waals surface area contributed by atoms with Gasteiger partial charge < -0.3 is 9.64 Å². The zero-order valence-electron chi connectivity index (χ0n) is 7.86. The van der Waals surface area contributed by atoms with Gasteiger partial charge in [-0.3, -0.25) is 10.4 Å². The topological polar surface area (TPSA) is 62.9 Å². The fourth-order valence-electron chi connectivity index (χ4n) is 2.09. The smallest absolute Gasteiger partial charge is 0.208 e. The second-order valence-electron chi connectivity index (χ2n) is 3.55. The van der Waals surface area contributed by atoms with Crippen molar-refractivity contribution < 1.29 is 4.74 Å². The summed E-state index contributed by atoms with van der Waals surface area (Å²) in [5.41, 5.74) is 2.61. The van der Waals surface area contributed by atoms with Gasteiger partial charge in [-0.1, -0.05) is 0 Å². The number of likely N-dealkylation sites (tertiary alicyclic amines) is 1. The lowest BCUT2D eigenvalue weighted by Crippen LogP contribution is -2.52. The largest absolute Gasteiger partial charge is 0.371 e. The minimum Gasteiger partial charge on any atom is -0.371 e. The molecule has 2 aliphatic rings. The summed E-state index contributed by atoms with van der Waals surface area (Å²) in [7, 11) is 1.74. The van der Waals surface area contributed by atoms with Gasteiger partial charge in [0.2, 0.25) is 5.96 Å². The van der Waals surface area contributed by atoms with E-state index >= 15 is 0 Å². The van der Waals surface area contributed by atoms with Crippen molar-refractivity contribution >= 4 is 5.96 Å². The van der Waals surface area contributed by atoms with Gasteiger partial charge in [0.25, 0.3) is 0 Å². The number of fused-ring (bicyclic) bond motifs is 2. The zero-order chi connectivity index (χ0) is 9.26. The first-order valence-corrected chi connectivity index (χ1v) is 4.67. The Hall–Kier alpha value is -0.810. The highest BCUT2D eigenvalue weighted by atomic mass is 16.5. The maximum absolute atomic E-state index is 5.70. The molecule has 0 aromatic rings. The summed E-state index contributed by atoms with van der Waals surface area (Å²) in [5, 5.41) is 0. The van der Waals surface area contributed by atoms with E-state index in [1.165, 1.54) is 12.8 Å². The number of ether oxygens (including phenoxy) is 1. The number of hydrogen-bond acceptors (Lipinski definition) is 3. The molecule has 5 nitrogen and oxygen atoms in total. The Labute approximate surface area is 77.9 Å². The molecular formula is C8H16N4O. The molecule has 2 aliphatic heterocycles. The van der Waals surface area contributed by atoms with Crippen LogP contribution in [0.25, 0.3) is 0 Å². The lowest BCUT2D eigenvalue weighted by molar-refractivity contribution is -0.0167. The van der Waals surface area contributed by atoms with Crippen LogP contribution in [0, 0.1) is 0 Å². The maximum atomic E-state index is 5.70. The second kappa shape index (κ2) is 3.51. The van der Waals surface area contributed by atoms with Crippen molar-refractivity contribution in [2.24, 2.45) is 10.8 Å². The van der Waals surface area contributed by atoms with Crippen molar-refractivity contribution in [1.82, 2.24) is 10.3 Å². The lowest BCUT2D eigenvalue weighted by atomic mass is 10.2. The van der Waals surface area contributed by atoms with Gasteiger partial charge in [0.15, 0.2) is 0 Å². The fraction of sp³-hybridized carbons (Fsp3) is 0.875. The normalized spacial score (nSPS) is 33.7. The van der Waals surface area contributed by atoms with Gasteiger partial charge in [-0.25, -0.2) is 5.84 Å². The van der Waals surface area contributed by atoms with Crippen LogP contribution in [0.4, 0.5) is 0 Å². The maximum Gasteiger partial charge on any atom is 0.208 e. The first-order chi connectivity index (χ1) is 6.33. The standard InChI is InChI=1S/C8H16N4O/c1-10-8(11-9)12-4-6-2-3-7(5-12)13-6/h6-7H,2-5,9H2,1H3,(H,10,11). The summed E-state index contributed by atoms with van der Waals surface area (Å²) >= 11 is 0. The molecule has 3 N–H and O–H groups in total. The summed E-state index contributed by atoms with van der Waals surface area (Å²) in [6, 6.07) is 0. The van der Waals surface area contributed by atoms with Crippen LogP contribution < -0.4 is 11.3 Å². The second-order valence-corrected chi connectivity index (χ2v) is 3.55. The van der Waals surface area contributed by atoms with E-state index in [2.05, 4.69) is 15.3 Å². The summed E-state index contributed by atoms with van der Waals surface area (Å²) in [6.07, 6.45) is 3.10. The van der Waals surface area contributed by atoms with E-state index < -0.39 is 0 Å². The number of rotatable bonds is 0. The molecule has 74 valence electrons. The Morgan fingerprint density at radius 1 is 1.46 bits per heavy atom. The zero-order valence-corrected chi connectivity index (χ0v) is 7.86. The quantitative estimate of drug-likeness (QED) is 0.226. The van der Waals surface area contributed by atoms with Crippen LogP contribution in [-0.2, 0) is 4.74 Å². The molecule has 2 saturated heterocycles. The van der Waals surface area contributed by atoms with Crippen molar-refractivity contribution in [2.45, 2.75) is 25.0 Å². The number of hydrazine groups is 1. The van der Waals surface area contributed by atoms with E-state index in [0.29, 0.717) is 12.2 Å². The highest BCUT2D eigenvalue weighted by Gasteiger charge is 2.34. The summed E-state index contributed by atoms with van der Waals surface area (Å²) in [6.45, 7) is 1.82. The van der Waals surface area contributed by atoms with Crippen LogP contribution in [0.5, 0.6) is 0 Å². The minimum absolute atomic E-state index is 0.379. The molecular weight excluding hydrogens is 168 g/mol. The van der Waals surface area contributed by atoms with Gasteiger partial charge >= 0.3 is 0 Å². The Balaban J connectivity index is 2.02. The van der Waals surface area contributed by atoms with E-state index in [9.17, 15) is 0 Å². The van der Waals surface area contributed by atoms with Crippen molar-refractivity contribution in [3.8, 4) is 0 Å². The molecule has 2 heterocycles. The number of aliphatic imine (C=N–C) groups is 1. The molecule has 5 heteroatoms. The Bertz CT molecular complexity index is 206. The molecule has 0 radical (unpaired) electrons. The predicted molar refractivity (Wildman–Crippen MR) is 50.2 cm³/mol. The van der Waals surface area contributed by atoms with Gasteiger partial charge in [0.05, 0.1) is 12.2 Å². The molecule has 0 aromatic carbocycles. The Morgan fingerprint density at radius 3 is 2.54 bits per heavy atom. The summed E-state index contributed by atoms with van der Waals surface area (Å²) < 4.78 is 5.70. The molecule has 0 aliphatic carbocycles. The summed E-state index contributed by atoms with van der Waals surface area (Å²) in [4.78, 5) is 6.24. The lowest BCUT2D eigenvalue weighted by Gasteiger charge is -2.33. The number of nitrogens with two attached hydrogens (primary N) is 1. The predicted octanol–water partition coefficient (Wildman–Crippen LogP) is -0.701. The van der Waals surface area contributed by atoms with Crippen LogP contribution in [0.3, 0.4) is 0 Å². The molecule has 2 bridgehead atoms. The monoisotopic (exact) mass is 184 g/mol. The van der Waals surface area contributed by atoms with Gasteiger partial charge in [-0.2, -0.15) is 0 Å². The van der Waals surface area contributed by atoms with Crippen molar-refractivity contribution in [1.29, 1.82) is 0 Å². The molecule has 2 atom stereocenters. The minimum atomic E-state index is 0.379. The molecule has 0 saturated carbocycles. The van der Waals surface area contributed by atoms with E-state index in [1.54, 1.807) is 7.05 Å². The van der Waals surface area contributed by atoms with Gasteiger partial charge in [0.1, 0.15) is 0 Å². The average molecular weight is 184 g/mol. The Kier molecular flexibility index (Phi) is 2.37. The van der Waals surface area contributed by atoms with Crippen molar-refractivity contribution in [3.05, 3.63) is 0 Å². The third kappa shape index (κ3) is 1.62. The molecule has 0 spiro atoms. The van der Waals surface area contributed by atoms with Crippen LogP contribution in [0.2, 0.25) is 0 Å². The molecule has 2 unspecified atom stereocenters. The highest BCUT2D eigenvalue weighted by molar-refractivity contribution is 5.79. The molecule has 13 heavy (non-hydrogen) atoms. The third-order valence-corrected chi connectivity index (χ3v) is 2.68. The van der Waals surface area contributed by atoms with E-state index in [-0.39, 0.29) is 0 Å². The summed E-state index contributed by atoms with van der Waals surface area (Å²) in [5.74, 6) is 6.13. The fourth-order valence-corrected chi connectivity index (χ4v) is 2.09. The van der Waals surface area contributed by atoms with Gasteiger partial charge in [-0.15, -0.1) is 0 Å². The average Bonchev–Trinajstić information content (AvgIpc) is 2.48. The molecule has 0 aromatic heterocycles. The Morgan fingerprint density at radius 2 is 2.08 bits per heavy atom. The number of morpholine rings is 1. The molecule has 2 fully saturated rings. The molecule has 0 amide bonds. The number of hydrogen-bond donors (Lipinski definition) is 2. The van der Waals surface area contributed by atoms with Crippen LogP contribution in [0.15, 0.2) is 4.99 Å². The van der Waals surface area contributed by atoms with Gasteiger partial charge in [0, 0.05) is 20.1 Å². The number of nitrogens with zero attached hydrogens (tertiary/aromatic N) is 2. The van der Waals surface area contributed by atoms with E-state index in [0.717, 1.165) is 19.0 Å².